The van der Waals surface area contributed by atoms with Gasteiger partial charge in [-0.25, -0.2) is 18.7 Å². The lowest BCUT2D eigenvalue weighted by atomic mass is 9.84. The molecule has 0 amide bonds. The molecule has 0 saturated carbocycles. The van der Waals surface area contributed by atoms with Gasteiger partial charge < -0.3 is 0 Å². The molecule has 0 aliphatic heterocycles. The second-order valence-electron chi connectivity index (χ2n) is 10.0. The molecule has 1 aliphatic rings. The molecule has 40 heavy (non-hydrogen) atoms. The minimum Gasteiger partial charge on any atom is -0.246 e. The third-order valence-corrected chi connectivity index (χ3v) is 7.55. The summed E-state index contributed by atoms with van der Waals surface area (Å²) in [6, 6.07) is 29.4. The van der Waals surface area contributed by atoms with E-state index in [2.05, 4.69) is 24.3 Å². The van der Waals surface area contributed by atoms with Crippen molar-refractivity contribution < 1.29 is 8.78 Å². The monoisotopic (exact) mass is 522 g/mol. The van der Waals surface area contributed by atoms with Crippen LogP contribution in [0.3, 0.4) is 0 Å². The van der Waals surface area contributed by atoms with Crippen LogP contribution in [0.2, 0.25) is 0 Å². The van der Waals surface area contributed by atoms with E-state index in [1.807, 2.05) is 48.6 Å². The van der Waals surface area contributed by atoms with E-state index in [-0.39, 0.29) is 11.6 Å². The molecule has 0 fully saturated rings. The van der Waals surface area contributed by atoms with Crippen molar-refractivity contribution in [1.82, 2.24) is 9.97 Å². The van der Waals surface area contributed by atoms with Crippen LogP contribution in [0.4, 0.5) is 8.78 Å². The van der Waals surface area contributed by atoms with E-state index in [0.717, 1.165) is 68.3 Å². The molecule has 0 saturated heterocycles. The summed E-state index contributed by atoms with van der Waals surface area (Å²) < 4.78 is 27.0. The Balaban J connectivity index is 1.43. The molecule has 0 N–H and O–H groups in total. The third kappa shape index (κ3) is 4.38. The summed E-state index contributed by atoms with van der Waals surface area (Å²) in [5.74, 6) is -0.494. The minimum absolute atomic E-state index is 0.247. The summed E-state index contributed by atoms with van der Waals surface area (Å²) in [7, 11) is 0. The highest BCUT2D eigenvalue weighted by molar-refractivity contribution is 5.99. The molecular formula is C36H24F2N2. The first kappa shape index (κ1) is 24.1. The maximum Gasteiger partial charge on any atom is 0.123 e. The van der Waals surface area contributed by atoms with E-state index >= 15 is 0 Å². The summed E-state index contributed by atoms with van der Waals surface area (Å²) >= 11 is 0. The Morgan fingerprint density at radius 2 is 0.875 bits per heavy atom. The summed E-state index contributed by atoms with van der Waals surface area (Å²) in [5.41, 5.74) is 10.1. The quantitative estimate of drug-likeness (QED) is 0.231. The number of hydrogen-bond donors (Lipinski definition) is 0. The first-order chi connectivity index (χ1) is 19.6. The SMILES string of the molecule is Fc1ccc(/C=C/c2c3c(nc4ccccc24)-c2nc4ccccc4c(/C=C/c4ccc(F)cc4)c2CC3)cc1. The van der Waals surface area contributed by atoms with Crippen LogP contribution >= 0.6 is 0 Å². The van der Waals surface area contributed by atoms with Gasteiger partial charge >= 0.3 is 0 Å². The average molecular weight is 523 g/mol. The van der Waals surface area contributed by atoms with Crippen LogP contribution in [-0.2, 0) is 12.8 Å². The van der Waals surface area contributed by atoms with Gasteiger partial charge in [-0.3, -0.25) is 0 Å². The molecule has 0 bridgehead atoms. The van der Waals surface area contributed by atoms with Gasteiger partial charge in [-0.05, 0) is 82.6 Å². The van der Waals surface area contributed by atoms with E-state index in [4.69, 9.17) is 9.97 Å². The fraction of sp³-hybridized carbons (Fsp3) is 0.0556. The second-order valence-corrected chi connectivity index (χ2v) is 10.0. The lowest BCUT2D eigenvalue weighted by Gasteiger charge is -2.24. The van der Waals surface area contributed by atoms with Gasteiger partial charge in [0.15, 0.2) is 0 Å². The van der Waals surface area contributed by atoms with Crippen LogP contribution in [0, 0.1) is 11.6 Å². The summed E-state index contributed by atoms with van der Waals surface area (Å²) in [4.78, 5) is 10.3. The number of rotatable bonds is 4. The van der Waals surface area contributed by atoms with Gasteiger partial charge in [0.2, 0.25) is 0 Å². The summed E-state index contributed by atoms with van der Waals surface area (Å²) in [6.07, 6.45) is 9.94. The lowest BCUT2D eigenvalue weighted by molar-refractivity contribution is 0.627. The standard InChI is InChI=1S/C36H24F2N2/c37-25-15-9-23(10-16-25)13-19-27-29-5-1-3-7-33(29)39-35-31(27)21-22-32-28(20-14-24-11-17-26(38)18-12-24)30-6-2-4-8-34(30)40-36(32)35/h1-20H,21-22H2/b19-13+,20-14+. The van der Waals surface area contributed by atoms with Gasteiger partial charge in [0.1, 0.15) is 11.6 Å². The van der Waals surface area contributed by atoms with Gasteiger partial charge in [0, 0.05) is 10.8 Å². The molecular weight excluding hydrogens is 498 g/mol. The number of fused-ring (bicyclic) bond motifs is 5. The average Bonchev–Trinajstić information content (AvgIpc) is 2.99. The Labute approximate surface area is 231 Å². The Hall–Kier alpha value is -4.96. The number of aromatic nitrogens is 2. The van der Waals surface area contributed by atoms with Crippen molar-refractivity contribution in [3.05, 3.63) is 142 Å². The van der Waals surface area contributed by atoms with Gasteiger partial charge in [-0.1, -0.05) is 85.0 Å². The molecule has 0 atom stereocenters. The number of pyridine rings is 2. The van der Waals surface area contributed by atoms with Crippen molar-refractivity contribution >= 4 is 46.1 Å². The topological polar surface area (TPSA) is 25.8 Å². The van der Waals surface area contributed by atoms with E-state index in [1.165, 1.54) is 35.4 Å². The molecule has 0 radical (unpaired) electrons. The van der Waals surface area contributed by atoms with Crippen LogP contribution in [-0.4, -0.2) is 9.97 Å². The maximum absolute atomic E-state index is 13.5. The lowest BCUT2D eigenvalue weighted by Crippen LogP contribution is -2.12. The minimum atomic E-state index is -0.247. The molecule has 2 aromatic heterocycles. The number of halogens is 2. The van der Waals surface area contributed by atoms with Crippen molar-refractivity contribution in [2.75, 3.05) is 0 Å². The number of benzene rings is 4. The van der Waals surface area contributed by atoms with Crippen LogP contribution in [0.5, 0.6) is 0 Å². The fourth-order valence-electron chi connectivity index (χ4n) is 5.59. The maximum atomic E-state index is 13.5. The summed E-state index contributed by atoms with van der Waals surface area (Å²) in [6.45, 7) is 0. The highest BCUT2D eigenvalue weighted by Gasteiger charge is 2.25. The molecule has 4 heteroatoms. The normalized spacial score (nSPS) is 12.8. The van der Waals surface area contributed by atoms with Crippen LogP contribution in [0.1, 0.15) is 33.4 Å². The van der Waals surface area contributed by atoms with Crippen LogP contribution in [0.25, 0.3) is 57.5 Å². The highest BCUT2D eigenvalue weighted by Crippen LogP contribution is 2.40. The Morgan fingerprint density at radius 1 is 0.475 bits per heavy atom. The number of hydrogen-bond acceptors (Lipinski definition) is 2. The van der Waals surface area contributed by atoms with Crippen LogP contribution in [0.15, 0.2) is 97.1 Å². The second kappa shape index (κ2) is 9.97. The zero-order valence-electron chi connectivity index (χ0n) is 21.6. The highest BCUT2D eigenvalue weighted by atomic mass is 19.1. The van der Waals surface area contributed by atoms with Crippen molar-refractivity contribution in [1.29, 1.82) is 0 Å². The van der Waals surface area contributed by atoms with Gasteiger partial charge in [0.25, 0.3) is 0 Å². The van der Waals surface area contributed by atoms with Crippen LogP contribution < -0.4 is 0 Å². The van der Waals surface area contributed by atoms with E-state index in [1.54, 1.807) is 24.3 Å². The Bertz CT molecular complexity index is 1810. The zero-order valence-corrected chi connectivity index (χ0v) is 21.6. The van der Waals surface area contributed by atoms with E-state index in [0.29, 0.717) is 0 Å². The molecule has 7 rings (SSSR count). The zero-order chi connectivity index (χ0) is 27.1. The van der Waals surface area contributed by atoms with E-state index in [9.17, 15) is 8.78 Å². The Kier molecular flexibility index (Phi) is 6.01. The van der Waals surface area contributed by atoms with Crippen molar-refractivity contribution in [3.8, 4) is 11.4 Å². The predicted octanol–water partition coefficient (Wildman–Crippen LogP) is 9.17. The predicted molar refractivity (Wildman–Crippen MR) is 161 cm³/mol. The molecule has 0 spiro atoms. The summed E-state index contributed by atoms with van der Waals surface area (Å²) in [5, 5.41) is 2.17. The largest absolute Gasteiger partial charge is 0.246 e. The first-order valence-corrected chi connectivity index (χ1v) is 13.3. The Morgan fingerprint density at radius 3 is 1.30 bits per heavy atom. The number of para-hydroxylation sites is 2. The third-order valence-electron chi connectivity index (χ3n) is 7.55. The molecule has 1 aliphatic carbocycles. The van der Waals surface area contributed by atoms with Crippen molar-refractivity contribution in [3.63, 3.8) is 0 Å². The van der Waals surface area contributed by atoms with E-state index < -0.39 is 0 Å². The molecule has 2 nitrogen and oxygen atoms in total. The molecule has 4 aromatic carbocycles. The first-order valence-electron chi connectivity index (χ1n) is 13.3. The van der Waals surface area contributed by atoms with Gasteiger partial charge in [-0.2, -0.15) is 0 Å². The fourth-order valence-corrected chi connectivity index (χ4v) is 5.59. The molecule has 192 valence electrons. The van der Waals surface area contributed by atoms with Gasteiger partial charge in [-0.15, -0.1) is 0 Å². The molecule has 2 heterocycles. The molecule has 6 aromatic rings. The molecule has 0 unspecified atom stereocenters. The van der Waals surface area contributed by atoms with Gasteiger partial charge in [0.05, 0.1) is 22.4 Å². The van der Waals surface area contributed by atoms with Crippen molar-refractivity contribution in [2.45, 2.75) is 12.8 Å². The van der Waals surface area contributed by atoms with Crippen molar-refractivity contribution in [2.24, 2.45) is 0 Å². The smallest absolute Gasteiger partial charge is 0.123 e. The number of nitrogens with zero attached hydrogens (tertiary/aromatic N) is 2.